The molecule has 4 heteroatoms. The molecule has 0 radical (unpaired) electrons. The van der Waals surface area contributed by atoms with E-state index in [1.165, 1.54) is 11.3 Å². The van der Waals surface area contributed by atoms with Crippen LogP contribution in [-0.2, 0) is 0 Å². The quantitative estimate of drug-likeness (QED) is 0.666. The Kier molecular flexibility index (Phi) is 6.33. The van der Waals surface area contributed by atoms with Gasteiger partial charge in [-0.25, -0.2) is 4.98 Å². The first kappa shape index (κ1) is 15.2. The number of aldehydes is 1. The maximum atomic E-state index is 11.2. The van der Waals surface area contributed by atoms with Crippen LogP contribution in [0.15, 0.2) is 0 Å². The number of anilines is 1. The molecular formula is C14H24N2OS. The Hall–Kier alpha value is -0.900. The third-order valence-electron chi connectivity index (χ3n) is 3.11. The molecule has 18 heavy (non-hydrogen) atoms. The van der Waals surface area contributed by atoms with E-state index in [2.05, 4.69) is 32.6 Å². The van der Waals surface area contributed by atoms with E-state index in [-0.39, 0.29) is 0 Å². The van der Waals surface area contributed by atoms with Gasteiger partial charge >= 0.3 is 0 Å². The molecule has 0 aliphatic rings. The highest BCUT2D eigenvalue weighted by Crippen LogP contribution is 2.31. The topological polar surface area (TPSA) is 33.2 Å². The number of hydrogen-bond acceptors (Lipinski definition) is 4. The zero-order chi connectivity index (χ0) is 13.5. The van der Waals surface area contributed by atoms with Crippen LogP contribution in [0.4, 0.5) is 5.13 Å². The van der Waals surface area contributed by atoms with Gasteiger partial charge in [0, 0.05) is 13.1 Å². The monoisotopic (exact) mass is 268 g/mol. The summed E-state index contributed by atoms with van der Waals surface area (Å²) in [5.41, 5.74) is 0.977. The lowest BCUT2D eigenvalue weighted by Crippen LogP contribution is -2.24. The number of carbonyl (C=O) groups excluding carboxylic acids is 1. The summed E-state index contributed by atoms with van der Waals surface area (Å²) in [6.07, 6.45) is 4.19. The fourth-order valence-electron chi connectivity index (χ4n) is 1.94. The minimum absolute atomic E-state index is 0.361. The Morgan fingerprint density at radius 2 is 1.89 bits per heavy atom. The van der Waals surface area contributed by atoms with E-state index in [0.29, 0.717) is 5.92 Å². The molecule has 0 fully saturated rings. The van der Waals surface area contributed by atoms with Gasteiger partial charge in [0.1, 0.15) is 0 Å². The van der Waals surface area contributed by atoms with Gasteiger partial charge in [-0.15, -0.1) is 0 Å². The second-order valence-corrected chi connectivity index (χ2v) is 5.67. The molecule has 0 spiro atoms. The van der Waals surface area contributed by atoms with Crippen LogP contribution in [0, 0.1) is 0 Å². The molecule has 0 saturated carbocycles. The average Bonchev–Trinajstić information content (AvgIpc) is 2.81. The Balaban J connectivity index is 3.01. The summed E-state index contributed by atoms with van der Waals surface area (Å²) in [6, 6.07) is 0. The molecule has 0 saturated heterocycles. The summed E-state index contributed by atoms with van der Waals surface area (Å²) in [7, 11) is 0. The maximum Gasteiger partial charge on any atom is 0.186 e. The molecule has 1 unspecified atom stereocenters. The zero-order valence-electron chi connectivity index (χ0n) is 11.9. The van der Waals surface area contributed by atoms with Crippen LogP contribution < -0.4 is 4.90 Å². The predicted octanol–water partition coefficient (Wildman–Crippen LogP) is 4.10. The van der Waals surface area contributed by atoms with E-state index in [0.717, 1.165) is 54.3 Å². The van der Waals surface area contributed by atoms with Gasteiger partial charge in [0.2, 0.25) is 0 Å². The van der Waals surface area contributed by atoms with Crippen LogP contribution in [0.25, 0.3) is 0 Å². The van der Waals surface area contributed by atoms with Crippen molar-refractivity contribution in [3.63, 3.8) is 0 Å². The Morgan fingerprint density at radius 1 is 1.28 bits per heavy atom. The van der Waals surface area contributed by atoms with Crippen molar-refractivity contribution < 1.29 is 4.79 Å². The third kappa shape index (κ3) is 3.55. The molecule has 1 atom stereocenters. The smallest absolute Gasteiger partial charge is 0.186 e. The predicted molar refractivity (Wildman–Crippen MR) is 79.0 cm³/mol. The van der Waals surface area contributed by atoms with Crippen LogP contribution in [-0.4, -0.2) is 24.4 Å². The fraction of sp³-hybridized carbons (Fsp3) is 0.714. The molecule has 0 N–H and O–H groups in total. The van der Waals surface area contributed by atoms with Crippen molar-refractivity contribution in [3.8, 4) is 0 Å². The van der Waals surface area contributed by atoms with Crippen molar-refractivity contribution in [1.29, 1.82) is 0 Å². The van der Waals surface area contributed by atoms with E-state index >= 15 is 0 Å². The second kappa shape index (κ2) is 7.52. The molecule has 1 aromatic rings. The van der Waals surface area contributed by atoms with Gasteiger partial charge in [-0.3, -0.25) is 4.79 Å². The summed E-state index contributed by atoms with van der Waals surface area (Å²) in [5.74, 6) is 0.361. The van der Waals surface area contributed by atoms with E-state index in [4.69, 9.17) is 4.98 Å². The van der Waals surface area contributed by atoms with Crippen LogP contribution >= 0.6 is 11.3 Å². The lowest BCUT2D eigenvalue weighted by atomic mass is 10.0. The van der Waals surface area contributed by atoms with Gasteiger partial charge in [-0.2, -0.15) is 0 Å². The van der Waals surface area contributed by atoms with Crippen molar-refractivity contribution in [2.75, 3.05) is 18.0 Å². The molecular weight excluding hydrogens is 244 g/mol. The van der Waals surface area contributed by atoms with Gasteiger partial charge < -0.3 is 4.90 Å². The first-order chi connectivity index (χ1) is 8.67. The zero-order valence-corrected chi connectivity index (χ0v) is 12.7. The molecule has 0 bridgehead atoms. The van der Waals surface area contributed by atoms with Crippen LogP contribution in [0.5, 0.6) is 0 Å². The maximum absolute atomic E-state index is 11.2. The molecule has 0 amide bonds. The number of rotatable bonds is 8. The minimum atomic E-state index is 0.361. The number of nitrogens with zero attached hydrogens (tertiary/aromatic N) is 2. The van der Waals surface area contributed by atoms with E-state index in [9.17, 15) is 4.79 Å². The first-order valence-corrected chi connectivity index (χ1v) is 7.70. The van der Waals surface area contributed by atoms with Gasteiger partial charge in [0.25, 0.3) is 0 Å². The lowest BCUT2D eigenvalue weighted by molar-refractivity contribution is 0.112. The van der Waals surface area contributed by atoms with Crippen LogP contribution in [0.1, 0.15) is 68.2 Å². The van der Waals surface area contributed by atoms with E-state index in [1.807, 2.05) is 0 Å². The van der Waals surface area contributed by atoms with Gasteiger partial charge in [-0.05, 0) is 25.2 Å². The summed E-state index contributed by atoms with van der Waals surface area (Å²) in [5, 5.41) is 1.01. The molecule has 0 aliphatic carbocycles. The highest BCUT2D eigenvalue weighted by atomic mass is 32.1. The van der Waals surface area contributed by atoms with E-state index < -0.39 is 0 Å². The molecule has 1 aromatic heterocycles. The van der Waals surface area contributed by atoms with Crippen molar-refractivity contribution in [2.45, 2.75) is 52.9 Å². The fourth-order valence-corrected chi connectivity index (χ4v) is 2.99. The number of aromatic nitrogens is 1. The van der Waals surface area contributed by atoms with Crippen molar-refractivity contribution in [1.82, 2.24) is 4.98 Å². The number of carbonyl (C=O) groups is 1. The lowest BCUT2D eigenvalue weighted by Gasteiger charge is -2.20. The van der Waals surface area contributed by atoms with Crippen molar-refractivity contribution in [2.24, 2.45) is 0 Å². The third-order valence-corrected chi connectivity index (χ3v) is 4.17. The van der Waals surface area contributed by atoms with Gasteiger partial charge in [-0.1, -0.05) is 39.0 Å². The summed E-state index contributed by atoms with van der Waals surface area (Å²) >= 11 is 1.54. The standard InChI is InChI=1S/C14H24N2OS/c1-5-8-16(9-6-2)14-15-13(11(4)7-3)12(10-17)18-14/h10-11H,5-9H2,1-4H3. The number of hydrogen-bond donors (Lipinski definition) is 0. The Morgan fingerprint density at radius 3 is 2.33 bits per heavy atom. The first-order valence-electron chi connectivity index (χ1n) is 6.88. The molecule has 1 heterocycles. The molecule has 0 aliphatic heterocycles. The highest BCUT2D eigenvalue weighted by Gasteiger charge is 2.18. The van der Waals surface area contributed by atoms with Gasteiger partial charge in [0.05, 0.1) is 10.6 Å². The molecule has 102 valence electrons. The minimum Gasteiger partial charge on any atom is -0.348 e. The molecule has 1 rings (SSSR count). The second-order valence-electron chi connectivity index (χ2n) is 4.66. The van der Waals surface area contributed by atoms with Crippen LogP contribution in [0.3, 0.4) is 0 Å². The molecule has 3 nitrogen and oxygen atoms in total. The largest absolute Gasteiger partial charge is 0.348 e. The van der Waals surface area contributed by atoms with Crippen molar-refractivity contribution in [3.05, 3.63) is 10.6 Å². The highest BCUT2D eigenvalue weighted by molar-refractivity contribution is 7.17. The summed E-state index contributed by atoms with van der Waals surface area (Å²) in [4.78, 5) is 19.0. The van der Waals surface area contributed by atoms with Crippen molar-refractivity contribution >= 4 is 22.8 Å². The average molecular weight is 268 g/mol. The van der Waals surface area contributed by atoms with Gasteiger partial charge in [0.15, 0.2) is 11.4 Å². The SMILES string of the molecule is CCCN(CCC)c1nc(C(C)CC)c(C=O)s1. The van der Waals surface area contributed by atoms with E-state index in [1.54, 1.807) is 0 Å². The Labute approximate surface area is 114 Å². The summed E-state index contributed by atoms with van der Waals surface area (Å²) in [6.45, 7) is 10.6. The number of thiazole rings is 1. The Bertz CT molecular complexity index is 370. The van der Waals surface area contributed by atoms with Crippen LogP contribution in [0.2, 0.25) is 0 Å². The molecule has 0 aromatic carbocycles. The summed E-state index contributed by atoms with van der Waals surface area (Å²) < 4.78 is 0. The normalized spacial score (nSPS) is 12.4.